The highest BCUT2D eigenvalue weighted by Gasteiger charge is 2.26. The van der Waals surface area contributed by atoms with Gasteiger partial charge in [0.25, 0.3) is 0 Å². The topological polar surface area (TPSA) is 49.4 Å². The van der Waals surface area contributed by atoms with Crippen LogP contribution in [-0.2, 0) is 21.9 Å². The van der Waals surface area contributed by atoms with Crippen LogP contribution in [0.15, 0.2) is 42.5 Å². The average Bonchev–Trinajstić information content (AvgIpc) is 2.73. The molecule has 8 heteroatoms. The quantitative estimate of drug-likeness (QED) is 0.511. The van der Waals surface area contributed by atoms with Gasteiger partial charge in [0.2, 0.25) is 11.8 Å². The van der Waals surface area contributed by atoms with Crippen LogP contribution < -0.4 is 5.32 Å². The van der Waals surface area contributed by atoms with Gasteiger partial charge in [0, 0.05) is 28.9 Å². The molecule has 2 rings (SSSR count). The van der Waals surface area contributed by atoms with Crippen molar-refractivity contribution in [2.45, 2.75) is 38.6 Å². The summed E-state index contributed by atoms with van der Waals surface area (Å²) < 4.78 is 13.2. The average molecular weight is 471 g/mol. The van der Waals surface area contributed by atoms with Gasteiger partial charge in [0.15, 0.2) is 0 Å². The fourth-order valence-electron chi connectivity index (χ4n) is 2.76. The van der Waals surface area contributed by atoms with Crippen molar-refractivity contribution in [3.63, 3.8) is 0 Å². The second-order valence-corrected chi connectivity index (χ2v) is 8.61. The minimum absolute atomic E-state index is 0.161. The van der Waals surface area contributed by atoms with E-state index in [2.05, 4.69) is 5.32 Å². The number of benzene rings is 2. The lowest BCUT2D eigenvalue weighted by molar-refractivity contribution is -0.138. The maximum Gasteiger partial charge on any atom is 0.242 e. The Labute approximate surface area is 191 Å². The summed E-state index contributed by atoms with van der Waals surface area (Å²) in [6, 6.07) is 10.5. The predicted octanol–water partition coefficient (Wildman–Crippen LogP) is 5.31. The third-order valence-corrected chi connectivity index (χ3v) is 6.17. The number of nitrogens with one attached hydrogen (secondary N) is 1. The molecule has 0 saturated carbocycles. The lowest BCUT2D eigenvalue weighted by Crippen LogP contribution is -2.48. The van der Waals surface area contributed by atoms with Gasteiger partial charge in [0.05, 0.1) is 5.75 Å². The Bertz CT molecular complexity index is 844. The SMILES string of the molecule is CCCNC(=O)C(C)N(Cc1ccc(F)cc1)C(=O)CSCc1c(Cl)cccc1Cl. The maximum atomic E-state index is 13.2. The largest absolute Gasteiger partial charge is 0.354 e. The van der Waals surface area contributed by atoms with Gasteiger partial charge in [-0.1, -0.05) is 48.3 Å². The van der Waals surface area contributed by atoms with E-state index in [-0.39, 0.29) is 29.9 Å². The number of hydrogen-bond donors (Lipinski definition) is 1. The second kappa shape index (κ2) is 12.2. The molecule has 0 bridgehead atoms. The molecule has 1 unspecified atom stereocenters. The summed E-state index contributed by atoms with van der Waals surface area (Å²) in [5, 5.41) is 3.93. The first-order valence-corrected chi connectivity index (χ1v) is 11.6. The highest BCUT2D eigenvalue weighted by atomic mass is 35.5. The lowest BCUT2D eigenvalue weighted by atomic mass is 10.1. The number of rotatable bonds is 10. The smallest absolute Gasteiger partial charge is 0.242 e. The van der Waals surface area contributed by atoms with Crippen molar-refractivity contribution in [2.75, 3.05) is 12.3 Å². The van der Waals surface area contributed by atoms with Gasteiger partial charge in [0.1, 0.15) is 11.9 Å². The van der Waals surface area contributed by atoms with E-state index >= 15 is 0 Å². The Morgan fingerprint density at radius 3 is 2.37 bits per heavy atom. The van der Waals surface area contributed by atoms with Crippen LogP contribution in [0.2, 0.25) is 10.0 Å². The van der Waals surface area contributed by atoms with Crippen LogP contribution in [0.25, 0.3) is 0 Å². The fourth-order valence-corrected chi connectivity index (χ4v) is 4.41. The molecule has 2 aromatic rings. The Morgan fingerprint density at radius 1 is 1.13 bits per heavy atom. The fraction of sp³-hybridized carbons (Fsp3) is 0.364. The molecule has 0 saturated heterocycles. The first kappa shape index (κ1) is 24.5. The molecule has 162 valence electrons. The highest BCUT2D eigenvalue weighted by Crippen LogP contribution is 2.28. The van der Waals surface area contributed by atoms with E-state index in [1.807, 2.05) is 6.92 Å². The van der Waals surface area contributed by atoms with Crippen LogP contribution in [0.4, 0.5) is 4.39 Å². The summed E-state index contributed by atoms with van der Waals surface area (Å²) >= 11 is 13.8. The molecule has 0 aliphatic heterocycles. The standard InChI is InChI=1S/C22H25Cl2FN2O2S/c1-3-11-26-22(29)15(2)27(12-16-7-9-17(25)10-8-16)21(28)14-30-13-18-19(23)5-4-6-20(18)24/h4-10,15H,3,11-14H2,1-2H3,(H,26,29). The number of thioether (sulfide) groups is 1. The van der Waals surface area contributed by atoms with Crippen LogP contribution in [0, 0.1) is 5.82 Å². The van der Waals surface area contributed by atoms with Gasteiger partial charge in [-0.2, -0.15) is 0 Å². The van der Waals surface area contributed by atoms with E-state index in [0.29, 0.717) is 22.3 Å². The minimum atomic E-state index is -0.654. The molecule has 0 aromatic heterocycles. The summed E-state index contributed by atoms with van der Waals surface area (Å²) in [6.45, 7) is 4.42. The van der Waals surface area contributed by atoms with Crippen LogP contribution in [0.1, 0.15) is 31.4 Å². The molecule has 2 amide bonds. The zero-order valence-corrected chi connectivity index (χ0v) is 19.3. The van der Waals surface area contributed by atoms with E-state index < -0.39 is 6.04 Å². The summed E-state index contributed by atoms with van der Waals surface area (Å²) in [7, 11) is 0. The van der Waals surface area contributed by atoms with Gasteiger partial charge in [-0.15, -0.1) is 11.8 Å². The van der Waals surface area contributed by atoms with Crippen molar-refractivity contribution in [3.8, 4) is 0 Å². The molecule has 1 N–H and O–H groups in total. The number of hydrogen-bond acceptors (Lipinski definition) is 3. The first-order chi connectivity index (χ1) is 14.3. The Morgan fingerprint density at radius 2 is 1.77 bits per heavy atom. The zero-order valence-electron chi connectivity index (χ0n) is 17.0. The van der Waals surface area contributed by atoms with E-state index in [4.69, 9.17) is 23.2 Å². The molecule has 0 spiro atoms. The molecule has 1 atom stereocenters. The number of nitrogens with zero attached hydrogens (tertiary/aromatic N) is 1. The maximum absolute atomic E-state index is 13.2. The predicted molar refractivity (Wildman–Crippen MR) is 122 cm³/mol. The van der Waals surface area contributed by atoms with E-state index in [1.54, 1.807) is 37.3 Å². The van der Waals surface area contributed by atoms with Gasteiger partial charge >= 0.3 is 0 Å². The van der Waals surface area contributed by atoms with Crippen LogP contribution in [0.5, 0.6) is 0 Å². The molecular weight excluding hydrogens is 446 g/mol. The minimum Gasteiger partial charge on any atom is -0.354 e. The molecule has 0 aliphatic carbocycles. The first-order valence-electron chi connectivity index (χ1n) is 9.65. The molecule has 0 radical (unpaired) electrons. The number of halogens is 3. The van der Waals surface area contributed by atoms with E-state index in [1.165, 1.54) is 28.8 Å². The lowest BCUT2D eigenvalue weighted by Gasteiger charge is -2.28. The van der Waals surface area contributed by atoms with Gasteiger partial charge in [-0.25, -0.2) is 4.39 Å². The number of carbonyl (C=O) groups excluding carboxylic acids is 2. The molecule has 30 heavy (non-hydrogen) atoms. The Kier molecular flexibility index (Phi) is 9.95. The number of carbonyl (C=O) groups is 2. The monoisotopic (exact) mass is 470 g/mol. The van der Waals surface area contributed by atoms with Crippen molar-refractivity contribution >= 4 is 46.8 Å². The van der Waals surface area contributed by atoms with Crippen molar-refractivity contribution in [1.82, 2.24) is 10.2 Å². The summed E-state index contributed by atoms with van der Waals surface area (Å²) in [5.41, 5.74) is 1.52. The van der Waals surface area contributed by atoms with Crippen molar-refractivity contribution < 1.29 is 14.0 Å². The molecule has 0 fully saturated rings. The van der Waals surface area contributed by atoms with Crippen molar-refractivity contribution in [2.24, 2.45) is 0 Å². The van der Waals surface area contributed by atoms with E-state index in [9.17, 15) is 14.0 Å². The van der Waals surface area contributed by atoms with Gasteiger partial charge in [-0.05, 0) is 48.7 Å². The van der Waals surface area contributed by atoms with Crippen LogP contribution >= 0.6 is 35.0 Å². The molecular formula is C22H25Cl2FN2O2S. The van der Waals surface area contributed by atoms with Gasteiger partial charge in [-0.3, -0.25) is 9.59 Å². The van der Waals surface area contributed by atoms with Crippen molar-refractivity contribution in [1.29, 1.82) is 0 Å². The summed E-state index contributed by atoms with van der Waals surface area (Å²) in [5.74, 6) is -0.116. The third-order valence-electron chi connectivity index (χ3n) is 4.52. The second-order valence-electron chi connectivity index (χ2n) is 6.81. The summed E-state index contributed by atoms with van der Waals surface area (Å²) in [6.07, 6.45) is 0.804. The zero-order chi connectivity index (χ0) is 22.1. The normalized spacial score (nSPS) is 11.8. The Balaban J connectivity index is 2.08. The Hall–Kier alpha value is -1.76. The summed E-state index contributed by atoms with van der Waals surface area (Å²) in [4.78, 5) is 27.0. The number of amides is 2. The molecule has 4 nitrogen and oxygen atoms in total. The molecule has 0 heterocycles. The van der Waals surface area contributed by atoms with Crippen molar-refractivity contribution in [3.05, 3.63) is 69.5 Å². The van der Waals surface area contributed by atoms with Crippen LogP contribution in [0.3, 0.4) is 0 Å². The molecule has 2 aromatic carbocycles. The third kappa shape index (κ3) is 7.18. The van der Waals surface area contributed by atoms with Gasteiger partial charge < -0.3 is 10.2 Å². The van der Waals surface area contributed by atoms with E-state index in [0.717, 1.165) is 17.5 Å². The molecule has 0 aliphatic rings. The highest BCUT2D eigenvalue weighted by molar-refractivity contribution is 7.99. The van der Waals surface area contributed by atoms with Crippen LogP contribution in [-0.4, -0.2) is 35.1 Å².